The summed E-state index contributed by atoms with van der Waals surface area (Å²) in [5.41, 5.74) is 2.90. The van der Waals surface area contributed by atoms with Crippen LogP contribution in [0.5, 0.6) is 0 Å². The highest BCUT2D eigenvalue weighted by atomic mass is 35.5. The van der Waals surface area contributed by atoms with E-state index in [9.17, 15) is 22.8 Å². The van der Waals surface area contributed by atoms with Gasteiger partial charge >= 0.3 is 12.1 Å². The Labute approximate surface area is 193 Å². The summed E-state index contributed by atoms with van der Waals surface area (Å²) >= 11 is 5.73. The number of aliphatic carboxylic acids is 1. The fraction of sp³-hybridized carbons (Fsp3) is 0.294. The third-order valence-electron chi connectivity index (χ3n) is 3.55. The van der Waals surface area contributed by atoms with E-state index in [2.05, 4.69) is 30.9 Å². The molecule has 1 aromatic carbocycles. The molecule has 12 nitrogen and oxygen atoms in total. The Morgan fingerprint density at radius 2 is 2.03 bits per heavy atom. The van der Waals surface area contributed by atoms with Gasteiger partial charge in [-0.25, -0.2) is 18.8 Å². The fourth-order valence-electron chi connectivity index (χ4n) is 2.06. The summed E-state index contributed by atoms with van der Waals surface area (Å²) in [5, 5.41) is 37.8. The van der Waals surface area contributed by atoms with Gasteiger partial charge in [-0.15, -0.1) is 0 Å². The molecule has 0 radical (unpaired) electrons. The van der Waals surface area contributed by atoms with Gasteiger partial charge in [-0.05, 0) is 36.2 Å². The van der Waals surface area contributed by atoms with Crippen LogP contribution in [0.4, 0.5) is 23.2 Å². The predicted molar refractivity (Wildman–Crippen MR) is 109 cm³/mol. The van der Waals surface area contributed by atoms with Crippen molar-refractivity contribution in [1.82, 2.24) is 26.4 Å². The number of hydroxylamine groups is 1. The number of benzene rings is 1. The highest BCUT2D eigenvalue weighted by Crippen LogP contribution is 2.22. The van der Waals surface area contributed by atoms with Crippen molar-refractivity contribution in [2.75, 3.05) is 13.6 Å². The minimum absolute atomic E-state index is 0.0242. The second-order valence-electron chi connectivity index (χ2n) is 5.87. The zero-order chi connectivity index (χ0) is 25.7. The molecule has 2 aromatic rings. The van der Waals surface area contributed by atoms with Crippen LogP contribution in [-0.2, 0) is 11.2 Å². The van der Waals surface area contributed by atoms with Crippen LogP contribution in [0.15, 0.2) is 32.8 Å². The van der Waals surface area contributed by atoms with Crippen LogP contribution in [-0.4, -0.2) is 58.2 Å². The summed E-state index contributed by atoms with van der Waals surface area (Å²) in [6.07, 6.45) is -2.26. The van der Waals surface area contributed by atoms with E-state index in [0.717, 1.165) is 6.07 Å². The summed E-state index contributed by atoms with van der Waals surface area (Å²) in [4.78, 5) is 16.9. The molecule has 0 atom stereocenters. The highest BCUT2D eigenvalue weighted by Gasteiger charge is 2.38. The average molecular weight is 509 g/mol. The number of alkyl halides is 3. The SMILES string of the molecule is CN=C(NC#N)NCCCc1nonc1C(=Nc1ccc(F)c(Cl)c1)NO.O=C(O)C(F)(F)F. The molecule has 0 aliphatic heterocycles. The summed E-state index contributed by atoms with van der Waals surface area (Å²) < 4.78 is 49.7. The van der Waals surface area contributed by atoms with E-state index in [0.29, 0.717) is 36.7 Å². The average Bonchev–Trinajstić information content (AvgIpc) is 3.24. The molecular formula is C17H17ClF4N8O4. The molecular weight excluding hydrogens is 492 g/mol. The lowest BCUT2D eigenvalue weighted by Gasteiger charge is -2.06. The molecule has 17 heteroatoms. The lowest BCUT2D eigenvalue weighted by atomic mass is 10.2. The van der Waals surface area contributed by atoms with Crippen molar-refractivity contribution in [2.24, 2.45) is 9.98 Å². The van der Waals surface area contributed by atoms with E-state index >= 15 is 0 Å². The number of amidine groups is 1. The number of carbonyl (C=O) groups is 1. The number of hydrogen-bond donors (Lipinski definition) is 5. The molecule has 0 saturated heterocycles. The molecule has 0 spiro atoms. The van der Waals surface area contributed by atoms with Gasteiger partial charge in [0.1, 0.15) is 11.5 Å². The quantitative estimate of drug-likeness (QED) is 0.0737. The van der Waals surface area contributed by atoms with Crippen molar-refractivity contribution in [2.45, 2.75) is 19.0 Å². The summed E-state index contributed by atoms with van der Waals surface area (Å²) in [7, 11) is 1.55. The molecule has 0 amide bonds. The largest absolute Gasteiger partial charge is 0.490 e. The predicted octanol–water partition coefficient (Wildman–Crippen LogP) is 2.13. The van der Waals surface area contributed by atoms with Crippen molar-refractivity contribution in [3.63, 3.8) is 0 Å². The molecule has 1 aromatic heterocycles. The van der Waals surface area contributed by atoms with Gasteiger partial charge in [0.2, 0.25) is 5.96 Å². The third-order valence-corrected chi connectivity index (χ3v) is 3.84. The first-order chi connectivity index (χ1) is 16.0. The van der Waals surface area contributed by atoms with Crippen molar-refractivity contribution >= 4 is 35.1 Å². The fourth-order valence-corrected chi connectivity index (χ4v) is 2.23. The van der Waals surface area contributed by atoms with Crippen LogP contribution in [0.3, 0.4) is 0 Å². The van der Waals surface area contributed by atoms with Gasteiger partial charge in [0.25, 0.3) is 0 Å². The number of hydrogen-bond acceptors (Lipinski definition) is 8. The van der Waals surface area contributed by atoms with Gasteiger partial charge in [0.05, 0.1) is 10.7 Å². The van der Waals surface area contributed by atoms with Crippen molar-refractivity contribution in [3.8, 4) is 6.19 Å². The number of nitriles is 1. The third kappa shape index (κ3) is 9.26. The summed E-state index contributed by atoms with van der Waals surface area (Å²) in [6.45, 7) is 0.500. The number of aliphatic imine (C=N–C) groups is 2. The van der Waals surface area contributed by atoms with Crippen LogP contribution in [0.2, 0.25) is 5.02 Å². The number of carboxylic acid groups (broad SMARTS) is 1. The molecule has 0 aliphatic rings. The Kier molecular flexibility index (Phi) is 11.2. The molecule has 34 heavy (non-hydrogen) atoms. The first-order valence-corrected chi connectivity index (χ1v) is 9.32. The van der Waals surface area contributed by atoms with Crippen molar-refractivity contribution in [1.29, 1.82) is 5.26 Å². The molecule has 0 saturated carbocycles. The maximum Gasteiger partial charge on any atom is 0.490 e. The molecule has 184 valence electrons. The van der Waals surface area contributed by atoms with Gasteiger partial charge in [0.15, 0.2) is 17.7 Å². The topological polar surface area (TPSA) is 181 Å². The van der Waals surface area contributed by atoms with E-state index in [1.165, 1.54) is 12.1 Å². The van der Waals surface area contributed by atoms with E-state index in [-0.39, 0.29) is 16.6 Å². The minimum atomic E-state index is -5.08. The van der Waals surface area contributed by atoms with Crippen molar-refractivity contribution < 1.29 is 37.3 Å². The van der Waals surface area contributed by atoms with Gasteiger partial charge in [-0.2, -0.15) is 18.4 Å². The molecule has 2 rings (SSSR count). The number of nitrogens with one attached hydrogen (secondary N) is 3. The van der Waals surface area contributed by atoms with Crippen LogP contribution in [0.1, 0.15) is 17.8 Å². The van der Waals surface area contributed by atoms with E-state index in [4.69, 9.17) is 31.4 Å². The minimum Gasteiger partial charge on any atom is -0.475 e. The van der Waals surface area contributed by atoms with Gasteiger partial charge in [-0.1, -0.05) is 16.8 Å². The van der Waals surface area contributed by atoms with E-state index < -0.39 is 18.0 Å². The number of guanidine groups is 1. The molecule has 1 heterocycles. The zero-order valence-corrected chi connectivity index (χ0v) is 17.9. The van der Waals surface area contributed by atoms with Crippen LogP contribution >= 0.6 is 11.6 Å². The second kappa shape index (κ2) is 13.5. The number of rotatable bonds is 6. The maximum absolute atomic E-state index is 13.2. The van der Waals surface area contributed by atoms with Crippen molar-refractivity contribution in [3.05, 3.63) is 40.4 Å². The monoisotopic (exact) mass is 508 g/mol. The Hall–Kier alpha value is -3.97. The zero-order valence-electron chi connectivity index (χ0n) is 17.2. The van der Waals surface area contributed by atoms with Crippen LogP contribution < -0.4 is 16.1 Å². The summed E-state index contributed by atoms with van der Waals surface area (Å²) in [6, 6.07) is 3.86. The first kappa shape index (κ1) is 28.1. The maximum atomic E-state index is 13.2. The Morgan fingerprint density at radius 3 is 2.56 bits per heavy atom. The number of halogens is 5. The second-order valence-corrected chi connectivity index (χ2v) is 6.28. The first-order valence-electron chi connectivity index (χ1n) is 8.95. The Bertz CT molecular complexity index is 1070. The molecule has 5 N–H and O–H groups in total. The Balaban J connectivity index is 0.000000718. The highest BCUT2D eigenvalue weighted by molar-refractivity contribution is 6.31. The van der Waals surface area contributed by atoms with Crippen LogP contribution in [0.25, 0.3) is 0 Å². The van der Waals surface area contributed by atoms with E-state index in [1.54, 1.807) is 13.2 Å². The smallest absolute Gasteiger partial charge is 0.475 e. The number of carboxylic acids is 1. The lowest BCUT2D eigenvalue weighted by molar-refractivity contribution is -0.192. The Morgan fingerprint density at radius 1 is 1.35 bits per heavy atom. The normalized spacial score (nSPS) is 11.7. The standard InChI is InChI=1S/C15H16ClFN8O2.C2HF3O2/c1-19-15(21-8-18)20-6-2-3-12-13(25-27-24-12)14(23-26)22-9-4-5-11(17)10(16)7-9;3-2(4,5)1(6)7/h4-5,7,26H,2-3,6H2,1H3,(H,22,23)(H2,19,20,21);(H,6,7). The van der Waals surface area contributed by atoms with Crippen LogP contribution in [0, 0.1) is 17.3 Å². The van der Waals surface area contributed by atoms with Gasteiger partial charge in [0, 0.05) is 13.6 Å². The van der Waals surface area contributed by atoms with Gasteiger partial charge in [-0.3, -0.25) is 21.0 Å². The lowest BCUT2D eigenvalue weighted by Crippen LogP contribution is -2.35. The number of aromatic nitrogens is 2. The molecule has 0 unspecified atom stereocenters. The van der Waals surface area contributed by atoms with Gasteiger partial charge < -0.3 is 10.4 Å². The van der Waals surface area contributed by atoms with E-state index in [1.807, 2.05) is 5.48 Å². The molecule has 0 fully saturated rings. The number of nitrogens with zero attached hydrogens (tertiary/aromatic N) is 5. The molecule has 0 aliphatic carbocycles. The number of aryl methyl sites for hydroxylation is 1. The summed E-state index contributed by atoms with van der Waals surface area (Å²) in [5.74, 6) is -3.01. The molecule has 0 bridgehead atoms.